The summed E-state index contributed by atoms with van der Waals surface area (Å²) in [5.41, 5.74) is 2.38. The van der Waals surface area contributed by atoms with Gasteiger partial charge in [-0.1, -0.05) is 0 Å². The summed E-state index contributed by atoms with van der Waals surface area (Å²) in [7, 11) is 0. The van der Waals surface area contributed by atoms with E-state index in [-0.39, 0.29) is 11.6 Å². The second-order valence-corrected chi connectivity index (χ2v) is 8.14. The minimum Gasteiger partial charge on any atom is -0.321 e. The van der Waals surface area contributed by atoms with Crippen molar-refractivity contribution in [2.75, 3.05) is 5.32 Å². The molecule has 3 heterocycles. The molecule has 0 unspecified atom stereocenters. The standard InChI is InChI=1S/C20H17FN6OS/c1-10-16-11(2)24-18(12-3-4-12)26-20(16)29-17(10)19(28)25-13-5-6-15(14(21)7-13)27-9-22-8-23-27/h5-9,12H,3-4H2,1-2H3,(H,25,28). The number of benzene rings is 1. The van der Waals surface area contributed by atoms with Gasteiger partial charge in [0.05, 0.1) is 10.6 Å². The van der Waals surface area contributed by atoms with Gasteiger partial charge in [0.2, 0.25) is 0 Å². The van der Waals surface area contributed by atoms with E-state index in [0.29, 0.717) is 16.5 Å². The van der Waals surface area contributed by atoms with Crippen LogP contribution in [0.3, 0.4) is 0 Å². The van der Waals surface area contributed by atoms with Crippen LogP contribution in [0.5, 0.6) is 0 Å². The average molecular weight is 408 g/mol. The summed E-state index contributed by atoms with van der Waals surface area (Å²) in [5.74, 6) is 0.529. The molecule has 9 heteroatoms. The van der Waals surface area contributed by atoms with Crippen molar-refractivity contribution < 1.29 is 9.18 Å². The van der Waals surface area contributed by atoms with Gasteiger partial charge in [-0.15, -0.1) is 11.3 Å². The number of amides is 1. The second-order valence-electron chi connectivity index (χ2n) is 7.14. The van der Waals surface area contributed by atoms with E-state index < -0.39 is 5.82 Å². The lowest BCUT2D eigenvalue weighted by Crippen LogP contribution is -2.12. The Labute approximate surface area is 169 Å². The van der Waals surface area contributed by atoms with Crippen LogP contribution in [0.1, 0.15) is 45.5 Å². The van der Waals surface area contributed by atoms with E-state index in [2.05, 4.69) is 25.4 Å². The third kappa shape index (κ3) is 3.17. The highest BCUT2D eigenvalue weighted by molar-refractivity contribution is 7.20. The molecule has 0 atom stereocenters. The molecule has 1 N–H and O–H groups in total. The summed E-state index contributed by atoms with van der Waals surface area (Å²) < 4.78 is 15.8. The van der Waals surface area contributed by atoms with E-state index in [9.17, 15) is 9.18 Å². The zero-order chi connectivity index (χ0) is 20.1. The number of hydrogen-bond donors (Lipinski definition) is 1. The van der Waals surface area contributed by atoms with Gasteiger partial charge < -0.3 is 5.32 Å². The molecule has 0 spiro atoms. The fourth-order valence-electron chi connectivity index (χ4n) is 3.39. The quantitative estimate of drug-likeness (QED) is 0.548. The van der Waals surface area contributed by atoms with E-state index in [1.165, 1.54) is 34.7 Å². The number of rotatable bonds is 4. The van der Waals surface area contributed by atoms with E-state index in [4.69, 9.17) is 0 Å². The first kappa shape index (κ1) is 17.9. The smallest absolute Gasteiger partial charge is 0.266 e. The zero-order valence-corrected chi connectivity index (χ0v) is 16.6. The highest BCUT2D eigenvalue weighted by Gasteiger charge is 2.28. The van der Waals surface area contributed by atoms with Gasteiger partial charge in [0.1, 0.15) is 29.0 Å². The van der Waals surface area contributed by atoms with Crippen LogP contribution in [0.15, 0.2) is 30.9 Å². The predicted octanol–water partition coefficient (Wildman–Crippen LogP) is 4.16. The third-order valence-corrected chi connectivity index (χ3v) is 6.19. The van der Waals surface area contributed by atoms with Crippen LogP contribution in [0.4, 0.5) is 10.1 Å². The van der Waals surface area contributed by atoms with Gasteiger partial charge in [0.15, 0.2) is 5.82 Å². The second kappa shape index (κ2) is 6.70. The van der Waals surface area contributed by atoms with E-state index in [0.717, 1.165) is 40.1 Å². The SMILES string of the molecule is Cc1nc(C2CC2)nc2sc(C(=O)Nc3ccc(-n4cncn4)c(F)c3)c(C)c12. The number of anilines is 1. The van der Waals surface area contributed by atoms with Gasteiger partial charge in [-0.25, -0.2) is 24.0 Å². The van der Waals surface area contributed by atoms with Crippen molar-refractivity contribution >= 4 is 33.1 Å². The molecule has 3 aromatic heterocycles. The number of aryl methyl sites for hydroxylation is 2. The van der Waals surface area contributed by atoms with Crippen LogP contribution in [0.2, 0.25) is 0 Å². The number of carbonyl (C=O) groups excluding carboxylic acids is 1. The van der Waals surface area contributed by atoms with Gasteiger partial charge in [0.25, 0.3) is 5.91 Å². The Kier molecular flexibility index (Phi) is 4.13. The molecule has 0 bridgehead atoms. The van der Waals surface area contributed by atoms with E-state index >= 15 is 0 Å². The molecule has 146 valence electrons. The predicted molar refractivity (Wildman–Crippen MR) is 108 cm³/mol. The molecule has 5 rings (SSSR count). The zero-order valence-electron chi connectivity index (χ0n) is 15.8. The maximum Gasteiger partial charge on any atom is 0.266 e. The van der Waals surface area contributed by atoms with Gasteiger partial charge in [-0.05, 0) is 50.5 Å². The van der Waals surface area contributed by atoms with Crippen molar-refractivity contribution in [1.29, 1.82) is 0 Å². The largest absolute Gasteiger partial charge is 0.321 e. The van der Waals surface area contributed by atoms with Crippen LogP contribution in [-0.4, -0.2) is 30.6 Å². The maximum absolute atomic E-state index is 14.4. The molecular weight excluding hydrogens is 391 g/mol. The first-order valence-corrected chi connectivity index (χ1v) is 10.1. The summed E-state index contributed by atoms with van der Waals surface area (Å²) >= 11 is 1.35. The van der Waals surface area contributed by atoms with Crippen molar-refractivity contribution in [3.05, 3.63) is 58.6 Å². The molecule has 7 nitrogen and oxygen atoms in total. The monoisotopic (exact) mass is 408 g/mol. The molecule has 4 aromatic rings. The van der Waals surface area contributed by atoms with Crippen molar-refractivity contribution in [2.24, 2.45) is 0 Å². The fraction of sp³-hybridized carbons (Fsp3) is 0.250. The number of hydrogen-bond acceptors (Lipinski definition) is 6. The Morgan fingerprint density at radius 3 is 2.79 bits per heavy atom. The molecule has 1 amide bonds. The summed E-state index contributed by atoms with van der Waals surface area (Å²) in [5, 5.41) is 7.63. The summed E-state index contributed by atoms with van der Waals surface area (Å²) in [6.07, 6.45) is 4.99. The first-order chi connectivity index (χ1) is 14.0. The van der Waals surface area contributed by atoms with Crippen LogP contribution in [0.25, 0.3) is 15.9 Å². The van der Waals surface area contributed by atoms with Crippen molar-refractivity contribution in [3.8, 4) is 5.69 Å². The number of aromatic nitrogens is 5. The number of nitrogens with zero attached hydrogens (tertiary/aromatic N) is 5. The van der Waals surface area contributed by atoms with Gasteiger partial charge in [0, 0.05) is 17.0 Å². The molecule has 1 aliphatic carbocycles. The van der Waals surface area contributed by atoms with Crippen molar-refractivity contribution in [3.63, 3.8) is 0 Å². The Morgan fingerprint density at radius 1 is 1.28 bits per heavy atom. The molecule has 0 radical (unpaired) electrons. The highest BCUT2D eigenvalue weighted by Crippen LogP contribution is 2.40. The minimum atomic E-state index is -0.503. The maximum atomic E-state index is 14.4. The van der Waals surface area contributed by atoms with Crippen molar-refractivity contribution in [2.45, 2.75) is 32.6 Å². The number of nitrogens with one attached hydrogen (secondary N) is 1. The molecule has 29 heavy (non-hydrogen) atoms. The minimum absolute atomic E-state index is 0.261. The van der Waals surface area contributed by atoms with Crippen LogP contribution in [-0.2, 0) is 0 Å². The number of halogens is 1. The number of thiophene rings is 1. The molecule has 1 saturated carbocycles. The lowest BCUT2D eigenvalue weighted by Gasteiger charge is -2.07. The summed E-state index contributed by atoms with van der Waals surface area (Å²) in [6.45, 7) is 3.85. The lowest BCUT2D eigenvalue weighted by molar-refractivity contribution is 0.103. The molecular formula is C20H17FN6OS. The van der Waals surface area contributed by atoms with Gasteiger partial charge >= 0.3 is 0 Å². The van der Waals surface area contributed by atoms with Crippen molar-refractivity contribution in [1.82, 2.24) is 24.7 Å². The van der Waals surface area contributed by atoms with Gasteiger partial charge in [-0.2, -0.15) is 5.10 Å². The topological polar surface area (TPSA) is 85.6 Å². The van der Waals surface area contributed by atoms with Crippen LogP contribution >= 0.6 is 11.3 Å². The molecule has 0 saturated heterocycles. The number of carbonyl (C=O) groups is 1. The Morgan fingerprint density at radius 2 is 2.10 bits per heavy atom. The molecule has 1 fully saturated rings. The summed E-state index contributed by atoms with van der Waals surface area (Å²) in [4.78, 5) is 27.4. The van der Waals surface area contributed by atoms with Crippen LogP contribution in [0, 0.1) is 19.7 Å². The molecule has 1 aliphatic rings. The molecule has 1 aromatic carbocycles. The van der Waals surface area contributed by atoms with Gasteiger partial charge in [-0.3, -0.25) is 4.79 Å². The Balaban J connectivity index is 1.45. The first-order valence-electron chi connectivity index (χ1n) is 9.25. The Bertz CT molecular complexity index is 1250. The highest BCUT2D eigenvalue weighted by atomic mass is 32.1. The van der Waals surface area contributed by atoms with Crippen LogP contribution < -0.4 is 5.32 Å². The Hall–Kier alpha value is -3.20. The molecule has 0 aliphatic heterocycles. The third-order valence-electron chi connectivity index (χ3n) is 5.01. The average Bonchev–Trinajstić information content (AvgIpc) is 3.29. The van der Waals surface area contributed by atoms with E-state index in [1.54, 1.807) is 12.1 Å². The lowest BCUT2D eigenvalue weighted by atomic mass is 10.1. The normalized spacial score (nSPS) is 13.8. The summed E-state index contributed by atoms with van der Waals surface area (Å²) in [6, 6.07) is 4.46. The van der Waals surface area contributed by atoms with E-state index in [1.807, 2.05) is 13.8 Å². The fourth-order valence-corrected chi connectivity index (χ4v) is 4.53. The number of fused-ring (bicyclic) bond motifs is 1.